The van der Waals surface area contributed by atoms with Gasteiger partial charge in [0.2, 0.25) is 0 Å². The second kappa shape index (κ2) is 6.06. The fourth-order valence-corrected chi connectivity index (χ4v) is 2.39. The van der Waals surface area contributed by atoms with Crippen LogP contribution in [0, 0.1) is 0 Å². The van der Waals surface area contributed by atoms with Crippen LogP contribution in [-0.2, 0) is 6.18 Å². The molecule has 3 nitrogen and oxygen atoms in total. The van der Waals surface area contributed by atoms with Gasteiger partial charge in [0.15, 0.2) is 0 Å². The fraction of sp³-hybridized carbons (Fsp3) is 0.0714. The number of hydrogen-bond donors (Lipinski definition) is 2. The molecule has 22 heavy (non-hydrogen) atoms. The van der Waals surface area contributed by atoms with Crippen LogP contribution in [-0.4, -0.2) is 5.91 Å². The van der Waals surface area contributed by atoms with Crippen molar-refractivity contribution in [2.45, 2.75) is 6.18 Å². The standard InChI is InChI=1S/C14H9Cl2F3N2O/c15-7-5-10(16)12(11(20)6-7)21-13(22)8-3-1-2-4-9(8)14(17,18)19/h1-6H,20H2,(H,21,22). The Kier molecular flexibility index (Phi) is 4.53. The van der Waals surface area contributed by atoms with Crippen molar-refractivity contribution in [2.24, 2.45) is 0 Å². The molecule has 0 saturated heterocycles. The van der Waals surface area contributed by atoms with E-state index >= 15 is 0 Å². The normalized spacial score (nSPS) is 11.3. The van der Waals surface area contributed by atoms with Gasteiger partial charge in [-0.2, -0.15) is 13.2 Å². The van der Waals surface area contributed by atoms with Crippen LogP contribution >= 0.6 is 23.2 Å². The van der Waals surface area contributed by atoms with Crippen molar-refractivity contribution in [3.05, 3.63) is 57.6 Å². The average Bonchev–Trinajstić information content (AvgIpc) is 2.41. The molecule has 0 aliphatic carbocycles. The molecule has 0 spiro atoms. The van der Waals surface area contributed by atoms with Crippen molar-refractivity contribution in [3.8, 4) is 0 Å². The number of alkyl halides is 3. The first-order valence-electron chi connectivity index (χ1n) is 5.92. The molecule has 2 rings (SSSR count). The molecule has 0 radical (unpaired) electrons. The molecule has 0 aliphatic heterocycles. The number of anilines is 2. The zero-order valence-corrected chi connectivity index (χ0v) is 12.4. The third kappa shape index (κ3) is 3.45. The van der Waals surface area contributed by atoms with Crippen molar-refractivity contribution in [1.82, 2.24) is 0 Å². The third-order valence-corrected chi connectivity index (χ3v) is 3.32. The van der Waals surface area contributed by atoms with Crippen LogP contribution in [0.2, 0.25) is 10.0 Å². The van der Waals surface area contributed by atoms with E-state index in [1.165, 1.54) is 24.3 Å². The molecule has 3 N–H and O–H groups in total. The van der Waals surface area contributed by atoms with Crippen molar-refractivity contribution in [2.75, 3.05) is 11.1 Å². The topological polar surface area (TPSA) is 55.1 Å². The molecule has 2 aromatic carbocycles. The van der Waals surface area contributed by atoms with Crippen LogP contribution in [0.15, 0.2) is 36.4 Å². The second-order valence-electron chi connectivity index (χ2n) is 4.35. The summed E-state index contributed by atoms with van der Waals surface area (Å²) < 4.78 is 38.7. The van der Waals surface area contributed by atoms with Gasteiger partial charge in [0, 0.05) is 5.02 Å². The lowest BCUT2D eigenvalue weighted by Gasteiger charge is -2.14. The van der Waals surface area contributed by atoms with Crippen molar-refractivity contribution >= 4 is 40.5 Å². The van der Waals surface area contributed by atoms with Gasteiger partial charge in [0.25, 0.3) is 5.91 Å². The van der Waals surface area contributed by atoms with E-state index in [0.29, 0.717) is 0 Å². The van der Waals surface area contributed by atoms with E-state index in [1.807, 2.05) is 0 Å². The molecule has 0 aliphatic rings. The minimum absolute atomic E-state index is 0.00745. The van der Waals surface area contributed by atoms with Crippen LogP contribution < -0.4 is 11.1 Å². The maximum absolute atomic E-state index is 12.9. The van der Waals surface area contributed by atoms with Gasteiger partial charge in [0.1, 0.15) is 0 Å². The van der Waals surface area contributed by atoms with Crippen LogP contribution in [0.5, 0.6) is 0 Å². The summed E-state index contributed by atoms with van der Waals surface area (Å²) in [7, 11) is 0. The predicted octanol–water partition coefficient (Wildman–Crippen LogP) is 4.85. The Morgan fingerprint density at radius 3 is 2.36 bits per heavy atom. The smallest absolute Gasteiger partial charge is 0.397 e. The lowest BCUT2D eigenvalue weighted by atomic mass is 10.1. The van der Waals surface area contributed by atoms with E-state index in [0.717, 1.165) is 12.1 Å². The summed E-state index contributed by atoms with van der Waals surface area (Å²) in [6.45, 7) is 0. The summed E-state index contributed by atoms with van der Waals surface area (Å²) in [5.74, 6) is -0.969. The molecule has 0 atom stereocenters. The Labute approximate surface area is 133 Å². The first kappa shape index (κ1) is 16.5. The fourth-order valence-electron chi connectivity index (χ4n) is 1.83. The molecule has 0 heterocycles. The van der Waals surface area contributed by atoms with E-state index < -0.39 is 23.2 Å². The van der Waals surface area contributed by atoms with E-state index in [2.05, 4.69) is 5.32 Å². The number of benzene rings is 2. The number of nitrogen functional groups attached to an aromatic ring is 1. The van der Waals surface area contributed by atoms with Gasteiger partial charge in [-0.25, -0.2) is 0 Å². The second-order valence-corrected chi connectivity index (χ2v) is 5.19. The van der Waals surface area contributed by atoms with Crippen molar-refractivity contribution < 1.29 is 18.0 Å². The highest BCUT2D eigenvalue weighted by atomic mass is 35.5. The van der Waals surface area contributed by atoms with Gasteiger partial charge in [0.05, 0.1) is 27.5 Å². The minimum atomic E-state index is -4.65. The largest absolute Gasteiger partial charge is 0.417 e. The van der Waals surface area contributed by atoms with E-state index in [-0.39, 0.29) is 21.4 Å². The van der Waals surface area contributed by atoms with Crippen LogP contribution in [0.25, 0.3) is 0 Å². The highest BCUT2D eigenvalue weighted by Crippen LogP contribution is 2.35. The average molecular weight is 349 g/mol. The summed E-state index contributed by atoms with van der Waals surface area (Å²) in [4.78, 5) is 12.1. The van der Waals surface area contributed by atoms with Gasteiger partial charge >= 0.3 is 6.18 Å². The summed E-state index contributed by atoms with van der Waals surface area (Å²) in [5.41, 5.74) is 4.15. The van der Waals surface area contributed by atoms with Crippen LogP contribution in [0.1, 0.15) is 15.9 Å². The molecule has 0 aromatic heterocycles. The minimum Gasteiger partial charge on any atom is -0.397 e. The molecular formula is C14H9Cl2F3N2O. The zero-order chi connectivity index (χ0) is 16.5. The lowest BCUT2D eigenvalue weighted by molar-refractivity contribution is -0.137. The number of halogens is 5. The van der Waals surface area contributed by atoms with Gasteiger partial charge < -0.3 is 11.1 Å². The van der Waals surface area contributed by atoms with E-state index in [9.17, 15) is 18.0 Å². The van der Waals surface area contributed by atoms with Crippen LogP contribution in [0.4, 0.5) is 24.5 Å². The Hall–Kier alpha value is -1.92. The Balaban J connectivity index is 2.40. The number of rotatable bonds is 2. The number of hydrogen-bond acceptors (Lipinski definition) is 2. The molecule has 8 heteroatoms. The molecule has 0 unspecified atom stereocenters. The first-order chi connectivity index (χ1) is 10.2. The van der Waals surface area contributed by atoms with E-state index in [4.69, 9.17) is 28.9 Å². The lowest BCUT2D eigenvalue weighted by Crippen LogP contribution is -2.19. The Bertz CT molecular complexity index is 709. The number of nitrogens with two attached hydrogens (primary N) is 1. The maximum Gasteiger partial charge on any atom is 0.417 e. The molecule has 2 aromatic rings. The third-order valence-electron chi connectivity index (χ3n) is 2.80. The summed E-state index contributed by atoms with van der Waals surface area (Å²) in [6.07, 6.45) is -4.65. The maximum atomic E-state index is 12.9. The number of carbonyl (C=O) groups is 1. The van der Waals surface area contributed by atoms with Crippen molar-refractivity contribution in [3.63, 3.8) is 0 Å². The number of nitrogens with one attached hydrogen (secondary N) is 1. The number of carbonyl (C=O) groups excluding carboxylic acids is 1. The summed E-state index contributed by atoms with van der Waals surface area (Å²) in [6, 6.07) is 7.07. The summed E-state index contributed by atoms with van der Waals surface area (Å²) >= 11 is 11.6. The zero-order valence-electron chi connectivity index (χ0n) is 10.8. The predicted molar refractivity (Wildman–Crippen MR) is 80.3 cm³/mol. The SMILES string of the molecule is Nc1cc(Cl)cc(Cl)c1NC(=O)c1ccccc1C(F)(F)F. The first-order valence-corrected chi connectivity index (χ1v) is 6.68. The molecule has 116 valence electrons. The van der Waals surface area contributed by atoms with Gasteiger partial charge in [-0.05, 0) is 24.3 Å². The van der Waals surface area contributed by atoms with Crippen LogP contribution in [0.3, 0.4) is 0 Å². The van der Waals surface area contributed by atoms with Crippen molar-refractivity contribution in [1.29, 1.82) is 0 Å². The number of amides is 1. The quantitative estimate of drug-likeness (QED) is 0.762. The summed E-state index contributed by atoms with van der Waals surface area (Å²) in [5, 5.41) is 2.56. The highest BCUT2D eigenvalue weighted by Gasteiger charge is 2.35. The molecular weight excluding hydrogens is 340 g/mol. The van der Waals surface area contributed by atoms with Gasteiger partial charge in [-0.1, -0.05) is 35.3 Å². The van der Waals surface area contributed by atoms with Gasteiger partial charge in [-0.15, -0.1) is 0 Å². The molecule has 0 fully saturated rings. The Morgan fingerprint density at radius 2 is 1.77 bits per heavy atom. The van der Waals surface area contributed by atoms with E-state index in [1.54, 1.807) is 0 Å². The Morgan fingerprint density at radius 1 is 1.14 bits per heavy atom. The highest BCUT2D eigenvalue weighted by molar-refractivity contribution is 6.37. The molecule has 0 bridgehead atoms. The molecule has 1 amide bonds. The van der Waals surface area contributed by atoms with Gasteiger partial charge in [-0.3, -0.25) is 4.79 Å². The monoisotopic (exact) mass is 348 g/mol. The molecule has 0 saturated carbocycles.